The molecule has 1 N–H and O–H groups in total. The molecule has 1 aliphatic rings. The van der Waals surface area contributed by atoms with E-state index < -0.39 is 0 Å². The highest BCUT2D eigenvalue weighted by Crippen LogP contribution is 2.48. The van der Waals surface area contributed by atoms with Crippen molar-refractivity contribution < 1.29 is 14.3 Å². The molecule has 1 aliphatic heterocycles. The highest BCUT2D eigenvalue weighted by molar-refractivity contribution is 7.11. The summed E-state index contributed by atoms with van der Waals surface area (Å²) >= 11 is 1.68. The number of aryl methyl sites for hydroxylation is 1. The minimum atomic E-state index is -0.0528. The summed E-state index contributed by atoms with van der Waals surface area (Å²) in [6.07, 6.45) is 0.393. The third kappa shape index (κ3) is 3.19. The third-order valence-electron chi connectivity index (χ3n) is 4.96. The lowest BCUT2D eigenvalue weighted by molar-refractivity contribution is -0.116. The molecule has 1 atom stereocenters. The van der Waals surface area contributed by atoms with Gasteiger partial charge in [-0.1, -0.05) is 29.8 Å². The number of rotatable bonds is 4. The Hall–Kier alpha value is -2.79. The summed E-state index contributed by atoms with van der Waals surface area (Å²) in [6.45, 7) is 2.07. The van der Waals surface area contributed by atoms with Crippen LogP contribution in [-0.2, 0) is 4.79 Å². The lowest BCUT2D eigenvalue weighted by Gasteiger charge is -2.25. The van der Waals surface area contributed by atoms with Crippen molar-refractivity contribution in [3.63, 3.8) is 0 Å². The van der Waals surface area contributed by atoms with Crippen LogP contribution in [0.15, 0.2) is 47.8 Å². The third-order valence-corrected chi connectivity index (χ3v) is 6.06. The minimum absolute atomic E-state index is 0.0177. The van der Waals surface area contributed by atoms with Crippen molar-refractivity contribution >= 4 is 22.9 Å². The van der Waals surface area contributed by atoms with Crippen molar-refractivity contribution in [3.05, 3.63) is 63.8 Å². The number of ether oxygens (including phenoxy) is 2. The van der Waals surface area contributed by atoms with Gasteiger partial charge in [-0.2, -0.15) is 0 Å². The summed E-state index contributed by atoms with van der Waals surface area (Å²) < 4.78 is 11.0. The molecule has 0 spiro atoms. The van der Waals surface area contributed by atoms with E-state index in [9.17, 15) is 4.79 Å². The number of hydrogen-bond donors (Lipinski definition) is 1. The summed E-state index contributed by atoms with van der Waals surface area (Å²) in [5, 5.41) is 5.21. The van der Waals surface area contributed by atoms with E-state index in [1.54, 1.807) is 25.6 Å². The lowest BCUT2D eigenvalue weighted by atomic mass is 9.88. The molecule has 138 valence electrons. The first-order valence-corrected chi connectivity index (χ1v) is 9.69. The van der Waals surface area contributed by atoms with Crippen LogP contribution in [-0.4, -0.2) is 20.1 Å². The second kappa shape index (κ2) is 7.08. The number of nitrogens with one attached hydrogen (secondary N) is 1. The summed E-state index contributed by atoms with van der Waals surface area (Å²) in [5.74, 6) is 1.49. The predicted octanol–water partition coefficient (Wildman–Crippen LogP) is 5.21. The van der Waals surface area contributed by atoms with Gasteiger partial charge in [0.15, 0.2) is 0 Å². The molecule has 2 heterocycles. The largest absolute Gasteiger partial charge is 0.497 e. The Balaban J connectivity index is 1.83. The summed E-state index contributed by atoms with van der Waals surface area (Å²) in [4.78, 5) is 13.7. The quantitative estimate of drug-likeness (QED) is 0.676. The van der Waals surface area contributed by atoms with Gasteiger partial charge in [-0.05, 0) is 30.7 Å². The summed E-state index contributed by atoms with van der Waals surface area (Å²) in [6, 6.07) is 14.1. The molecule has 2 aromatic carbocycles. The van der Waals surface area contributed by atoms with Crippen molar-refractivity contribution in [1.29, 1.82) is 0 Å². The average Bonchev–Trinajstić information content (AvgIpc) is 3.11. The van der Waals surface area contributed by atoms with Gasteiger partial charge in [-0.15, -0.1) is 11.3 Å². The average molecular weight is 379 g/mol. The highest BCUT2D eigenvalue weighted by Gasteiger charge is 2.32. The fraction of sp³-hybridized carbons (Fsp3) is 0.227. The van der Waals surface area contributed by atoms with Crippen LogP contribution in [0.2, 0.25) is 0 Å². The van der Waals surface area contributed by atoms with Crippen molar-refractivity contribution in [1.82, 2.24) is 0 Å². The van der Waals surface area contributed by atoms with Gasteiger partial charge in [0, 0.05) is 33.7 Å². The Labute approximate surface area is 162 Å². The molecule has 0 saturated carbocycles. The van der Waals surface area contributed by atoms with Crippen LogP contribution in [0.25, 0.3) is 11.1 Å². The van der Waals surface area contributed by atoms with Gasteiger partial charge in [-0.25, -0.2) is 0 Å². The fourth-order valence-electron chi connectivity index (χ4n) is 3.54. The Bertz CT molecular complexity index is 991. The van der Waals surface area contributed by atoms with Gasteiger partial charge in [0.2, 0.25) is 5.91 Å². The van der Waals surface area contributed by atoms with Crippen molar-refractivity contribution in [2.45, 2.75) is 19.3 Å². The number of hydrogen-bond acceptors (Lipinski definition) is 4. The van der Waals surface area contributed by atoms with Gasteiger partial charge in [0.1, 0.15) is 11.5 Å². The summed E-state index contributed by atoms with van der Waals surface area (Å²) in [7, 11) is 3.30. The van der Waals surface area contributed by atoms with Crippen LogP contribution in [0.3, 0.4) is 0 Å². The summed E-state index contributed by atoms with van der Waals surface area (Å²) in [5.41, 5.74) is 5.28. The monoisotopic (exact) mass is 379 g/mol. The van der Waals surface area contributed by atoms with E-state index in [0.717, 1.165) is 38.8 Å². The van der Waals surface area contributed by atoms with E-state index in [1.807, 2.05) is 18.2 Å². The number of thiophene rings is 1. The molecular formula is C22H21NO3S. The first kappa shape index (κ1) is 17.6. The molecule has 1 aromatic heterocycles. The molecule has 0 saturated heterocycles. The number of amides is 1. The van der Waals surface area contributed by atoms with Crippen molar-refractivity contribution in [2.24, 2.45) is 0 Å². The van der Waals surface area contributed by atoms with Crippen LogP contribution in [0, 0.1) is 6.92 Å². The predicted molar refractivity (Wildman–Crippen MR) is 109 cm³/mol. The van der Waals surface area contributed by atoms with E-state index in [-0.39, 0.29) is 11.8 Å². The zero-order chi connectivity index (χ0) is 19.0. The smallest absolute Gasteiger partial charge is 0.225 e. The zero-order valence-corrected chi connectivity index (χ0v) is 16.4. The number of methoxy groups -OCH3 is 2. The molecule has 5 heteroatoms. The van der Waals surface area contributed by atoms with Crippen molar-refractivity contribution in [3.8, 4) is 22.6 Å². The van der Waals surface area contributed by atoms with Gasteiger partial charge < -0.3 is 14.8 Å². The molecule has 0 bridgehead atoms. The molecule has 4 nitrogen and oxygen atoms in total. The van der Waals surface area contributed by atoms with Crippen LogP contribution in [0.5, 0.6) is 11.5 Å². The first-order valence-electron chi connectivity index (χ1n) is 8.81. The van der Waals surface area contributed by atoms with Crippen LogP contribution in [0.1, 0.15) is 28.3 Å². The Kier molecular flexibility index (Phi) is 4.62. The number of carbonyl (C=O) groups excluding carboxylic acids is 1. The Morgan fingerprint density at radius 3 is 2.56 bits per heavy atom. The molecule has 3 aromatic rings. The molecule has 1 amide bonds. The molecule has 0 unspecified atom stereocenters. The Morgan fingerprint density at radius 1 is 1.07 bits per heavy atom. The topological polar surface area (TPSA) is 47.6 Å². The Morgan fingerprint density at radius 2 is 1.85 bits per heavy atom. The van der Waals surface area contributed by atoms with Gasteiger partial charge in [0.05, 0.1) is 19.9 Å². The van der Waals surface area contributed by atoms with E-state index in [1.165, 1.54) is 5.56 Å². The molecule has 0 aliphatic carbocycles. The standard InChI is InChI=1S/C22H21NO3S/c1-13-4-6-14(7-5-13)18-12-27-22-17(11-20(24)23-21(18)22)16-10-15(25-2)8-9-19(16)26-3/h4-10,12,17H,11H2,1-3H3,(H,23,24)/t17-/m0/s1. The number of anilines is 1. The molecule has 27 heavy (non-hydrogen) atoms. The SMILES string of the molecule is COc1ccc(OC)c([C@@H]2CC(=O)Nc3c(-c4ccc(C)cc4)csc32)c1. The van der Waals surface area contributed by atoms with E-state index in [2.05, 4.69) is 41.9 Å². The fourth-order valence-corrected chi connectivity index (χ4v) is 4.69. The molecular weight excluding hydrogens is 358 g/mol. The van der Waals surface area contributed by atoms with E-state index in [0.29, 0.717) is 6.42 Å². The van der Waals surface area contributed by atoms with Gasteiger partial charge >= 0.3 is 0 Å². The molecule has 0 fully saturated rings. The maximum atomic E-state index is 12.5. The maximum absolute atomic E-state index is 12.5. The molecule has 0 radical (unpaired) electrons. The first-order chi connectivity index (χ1) is 13.1. The zero-order valence-electron chi connectivity index (χ0n) is 15.5. The van der Waals surface area contributed by atoms with Crippen LogP contribution >= 0.6 is 11.3 Å². The van der Waals surface area contributed by atoms with Crippen LogP contribution in [0.4, 0.5) is 5.69 Å². The van der Waals surface area contributed by atoms with Crippen LogP contribution < -0.4 is 14.8 Å². The highest BCUT2D eigenvalue weighted by atomic mass is 32.1. The van der Waals surface area contributed by atoms with Gasteiger partial charge in [0.25, 0.3) is 0 Å². The minimum Gasteiger partial charge on any atom is -0.497 e. The second-order valence-corrected chi connectivity index (χ2v) is 7.58. The number of benzene rings is 2. The van der Waals surface area contributed by atoms with E-state index >= 15 is 0 Å². The number of carbonyl (C=O) groups is 1. The van der Waals surface area contributed by atoms with E-state index in [4.69, 9.17) is 9.47 Å². The maximum Gasteiger partial charge on any atom is 0.225 e. The normalized spacial score (nSPS) is 15.8. The second-order valence-electron chi connectivity index (χ2n) is 6.67. The lowest BCUT2D eigenvalue weighted by Crippen LogP contribution is -2.22. The van der Waals surface area contributed by atoms with Crippen molar-refractivity contribution in [2.75, 3.05) is 19.5 Å². The molecule has 4 rings (SSSR count). The van der Waals surface area contributed by atoms with Gasteiger partial charge in [-0.3, -0.25) is 4.79 Å². The number of fused-ring (bicyclic) bond motifs is 1.